The normalized spacial score (nSPS) is 10.8. The number of imidazole rings is 1. The van der Waals surface area contributed by atoms with Gasteiger partial charge in [-0.1, -0.05) is 76.6 Å². The van der Waals surface area contributed by atoms with Gasteiger partial charge in [-0.05, 0) is 34.1 Å². The van der Waals surface area contributed by atoms with Gasteiger partial charge in [0.05, 0.1) is 17.0 Å². The molecule has 1 aromatic heterocycles. The molecule has 0 atom stereocenters. The van der Waals surface area contributed by atoms with Crippen LogP contribution in [0, 0.1) is 0 Å². The van der Waals surface area contributed by atoms with E-state index in [0.29, 0.717) is 20.6 Å². The number of nitrogens with zero attached hydrogens (tertiary/aromatic N) is 2. The standard InChI is InChI=1S/C22H14Br2N2O2/c23-16-11-12-18(27)17(13-16)21(28)26-20(15-9-5-2-6-10-15)19(25-22(26)24)14-7-3-1-4-8-14/h1-13,27H. The maximum absolute atomic E-state index is 13.4. The Morgan fingerprint density at radius 2 is 1.46 bits per heavy atom. The number of aromatic nitrogens is 2. The van der Waals surface area contributed by atoms with Gasteiger partial charge < -0.3 is 5.11 Å². The Morgan fingerprint density at radius 3 is 2.11 bits per heavy atom. The first-order valence-electron chi connectivity index (χ1n) is 8.48. The monoisotopic (exact) mass is 496 g/mol. The summed E-state index contributed by atoms with van der Waals surface area (Å²) < 4.78 is 2.56. The van der Waals surface area contributed by atoms with Gasteiger partial charge in [-0.2, -0.15) is 0 Å². The minimum atomic E-state index is -0.376. The molecule has 0 amide bonds. The lowest BCUT2D eigenvalue weighted by Gasteiger charge is -2.11. The number of halogens is 2. The molecular formula is C22H14Br2N2O2. The fourth-order valence-electron chi connectivity index (χ4n) is 3.04. The van der Waals surface area contributed by atoms with Gasteiger partial charge in [-0.15, -0.1) is 0 Å². The summed E-state index contributed by atoms with van der Waals surface area (Å²) >= 11 is 6.80. The third-order valence-electron chi connectivity index (χ3n) is 4.32. The second-order valence-electron chi connectivity index (χ2n) is 6.11. The minimum absolute atomic E-state index is 0.0888. The van der Waals surface area contributed by atoms with E-state index < -0.39 is 0 Å². The van der Waals surface area contributed by atoms with E-state index in [0.717, 1.165) is 11.1 Å². The zero-order valence-electron chi connectivity index (χ0n) is 14.5. The van der Waals surface area contributed by atoms with Crippen LogP contribution < -0.4 is 0 Å². The third kappa shape index (κ3) is 3.41. The van der Waals surface area contributed by atoms with Crippen molar-refractivity contribution in [2.45, 2.75) is 0 Å². The number of hydrogen-bond donors (Lipinski definition) is 1. The summed E-state index contributed by atoms with van der Waals surface area (Å²) in [5.41, 5.74) is 3.27. The molecule has 4 aromatic rings. The van der Waals surface area contributed by atoms with Crippen molar-refractivity contribution in [3.05, 3.63) is 93.6 Å². The molecule has 6 heteroatoms. The summed E-state index contributed by atoms with van der Waals surface area (Å²) in [6, 6.07) is 24.1. The Kier molecular flexibility index (Phi) is 5.15. The van der Waals surface area contributed by atoms with Gasteiger partial charge in [0.25, 0.3) is 5.91 Å². The molecule has 1 N–H and O–H groups in total. The molecule has 0 radical (unpaired) electrons. The largest absolute Gasteiger partial charge is 0.507 e. The SMILES string of the molecule is O=C(c1cc(Br)ccc1O)n1c(Br)nc(-c2ccccc2)c1-c1ccccc1. The number of carbonyl (C=O) groups excluding carboxylic acids is 1. The Morgan fingerprint density at radius 1 is 0.857 bits per heavy atom. The first-order valence-corrected chi connectivity index (χ1v) is 10.1. The van der Waals surface area contributed by atoms with Gasteiger partial charge in [0.1, 0.15) is 5.75 Å². The molecule has 0 bridgehead atoms. The zero-order valence-corrected chi connectivity index (χ0v) is 17.7. The van der Waals surface area contributed by atoms with Crippen LogP contribution in [-0.2, 0) is 0 Å². The second-order valence-corrected chi connectivity index (χ2v) is 7.74. The molecule has 138 valence electrons. The summed E-state index contributed by atoms with van der Waals surface area (Å²) in [6.45, 7) is 0. The molecule has 0 aliphatic heterocycles. The summed E-state index contributed by atoms with van der Waals surface area (Å²) in [7, 11) is 0. The molecular weight excluding hydrogens is 484 g/mol. The number of carbonyl (C=O) groups is 1. The number of phenolic OH excluding ortho intramolecular Hbond substituents is 1. The van der Waals surface area contributed by atoms with E-state index in [1.807, 2.05) is 60.7 Å². The van der Waals surface area contributed by atoms with Crippen molar-refractivity contribution in [1.82, 2.24) is 9.55 Å². The molecule has 4 nitrogen and oxygen atoms in total. The van der Waals surface area contributed by atoms with Crippen LogP contribution in [0.2, 0.25) is 0 Å². The molecule has 28 heavy (non-hydrogen) atoms. The highest BCUT2D eigenvalue weighted by atomic mass is 79.9. The fourth-order valence-corrected chi connectivity index (χ4v) is 3.91. The first kappa shape index (κ1) is 18.7. The van der Waals surface area contributed by atoms with Gasteiger partial charge >= 0.3 is 0 Å². The Bertz CT molecular complexity index is 1160. The second kappa shape index (κ2) is 7.73. The van der Waals surface area contributed by atoms with E-state index in [2.05, 4.69) is 36.8 Å². The molecule has 0 spiro atoms. The van der Waals surface area contributed by atoms with Gasteiger partial charge in [0, 0.05) is 15.6 Å². The maximum atomic E-state index is 13.4. The minimum Gasteiger partial charge on any atom is -0.507 e. The number of rotatable bonds is 3. The lowest BCUT2D eigenvalue weighted by molar-refractivity contribution is 0.0956. The third-order valence-corrected chi connectivity index (χ3v) is 5.35. The van der Waals surface area contributed by atoms with Gasteiger partial charge in [-0.25, -0.2) is 4.98 Å². The maximum Gasteiger partial charge on any atom is 0.268 e. The Labute approximate surface area is 178 Å². The van der Waals surface area contributed by atoms with Crippen LogP contribution in [0.15, 0.2) is 88.1 Å². The van der Waals surface area contributed by atoms with Crippen molar-refractivity contribution in [3.8, 4) is 28.3 Å². The summed E-state index contributed by atoms with van der Waals surface area (Å²) in [6.07, 6.45) is 0. The van der Waals surface area contributed by atoms with Crippen LogP contribution in [0.4, 0.5) is 0 Å². The molecule has 0 saturated carbocycles. The van der Waals surface area contributed by atoms with Crippen LogP contribution in [0.3, 0.4) is 0 Å². The van der Waals surface area contributed by atoms with Crippen molar-refractivity contribution in [2.75, 3.05) is 0 Å². The van der Waals surface area contributed by atoms with E-state index in [1.165, 1.54) is 10.6 Å². The van der Waals surface area contributed by atoms with E-state index in [-0.39, 0.29) is 17.2 Å². The van der Waals surface area contributed by atoms with Crippen molar-refractivity contribution >= 4 is 37.8 Å². The summed E-state index contributed by atoms with van der Waals surface area (Å²) in [4.78, 5) is 18.0. The van der Waals surface area contributed by atoms with E-state index in [9.17, 15) is 9.90 Å². The quantitative estimate of drug-likeness (QED) is 0.370. The topological polar surface area (TPSA) is 55.1 Å². The molecule has 4 rings (SSSR count). The molecule has 3 aromatic carbocycles. The zero-order chi connectivity index (χ0) is 19.7. The van der Waals surface area contributed by atoms with E-state index >= 15 is 0 Å². The van der Waals surface area contributed by atoms with Crippen molar-refractivity contribution in [2.24, 2.45) is 0 Å². The van der Waals surface area contributed by atoms with Gasteiger partial charge in [0.15, 0.2) is 4.73 Å². The van der Waals surface area contributed by atoms with Crippen molar-refractivity contribution < 1.29 is 9.90 Å². The number of phenols is 1. The Hall–Kier alpha value is -2.70. The van der Waals surface area contributed by atoms with Crippen molar-refractivity contribution in [3.63, 3.8) is 0 Å². The molecule has 0 saturated heterocycles. The van der Waals surface area contributed by atoms with Crippen LogP contribution in [0.1, 0.15) is 10.4 Å². The average molecular weight is 498 g/mol. The highest BCUT2D eigenvalue weighted by molar-refractivity contribution is 9.10. The molecule has 0 aliphatic rings. The first-order chi connectivity index (χ1) is 13.6. The van der Waals surface area contributed by atoms with Gasteiger partial charge in [0.2, 0.25) is 0 Å². The number of aromatic hydroxyl groups is 1. The highest BCUT2D eigenvalue weighted by Gasteiger charge is 2.25. The highest BCUT2D eigenvalue weighted by Crippen LogP contribution is 2.36. The average Bonchev–Trinajstić information content (AvgIpc) is 3.07. The fraction of sp³-hybridized carbons (Fsp3) is 0. The van der Waals surface area contributed by atoms with E-state index in [1.54, 1.807) is 12.1 Å². The smallest absolute Gasteiger partial charge is 0.268 e. The summed E-state index contributed by atoms with van der Waals surface area (Å²) in [5.74, 6) is -0.465. The summed E-state index contributed by atoms with van der Waals surface area (Å²) in [5, 5.41) is 10.3. The van der Waals surface area contributed by atoms with Crippen LogP contribution in [0.25, 0.3) is 22.5 Å². The number of hydrogen-bond acceptors (Lipinski definition) is 3. The molecule has 0 unspecified atom stereocenters. The predicted octanol–water partition coefficient (Wildman–Crippen LogP) is 6.14. The van der Waals surface area contributed by atoms with Crippen LogP contribution in [-0.4, -0.2) is 20.6 Å². The van der Waals surface area contributed by atoms with Gasteiger partial charge in [-0.3, -0.25) is 9.36 Å². The number of benzene rings is 3. The lowest BCUT2D eigenvalue weighted by Crippen LogP contribution is -2.14. The van der Waals surface area contributed by atoms with Crippen LogP contribution in [0.5, 0.6) is 5.75 Å². The predicted molar refractivity (Wildman–Crippen MR) is 116 cm³/mol. The molecule has 0 fully saturated rings. The molecule has 1 heterocycles. The Balaban J connectivity index is 1.99. The van der Waals surface area contributed by atoms with Crippen molar-refractivity contribution in [1.29, 1.82) is 0 Å². The lowest BCUT2D eigenvalue weighted by atomic mass is 10.0. The van der Waals surface area contributed by atoms with Crippen LogP contribution >= 0.6 is 31.9 Å². The van der Waals surface area contributed by atoms with E-state index in [4.69, 9.17) is 0 Å². The molecule has 0 aliphatic carbocycles.